The van der Waals surface area contributed by atoms with E-state index in [4.69, 9.17) is 9.15 Å². The molecular formula is C33H45NO5. The third-order valence-corrected chi connectivity index (χ3v) is 7.88. The number of unbranched alkanes of at least 4 members (excludes halogenated alkanes) is 3. The number of fused-ring (bicyclic) bond motifs is 1. The average Bonchev–Trinajstić information content (AvgIpc) is 3.41. The summed E-state index contributed by atoms with van der Waals surface area (Å²) in [5.41, 5.74) is 2.31. The molecule has 1 saturated carbocycles. The predicted octanol–water partition coefficient (Wildman–Crippen LogP) is 7.17. The number of benzene rings is 1. The van der Waals surface area contributed by atoms with Crippen molar-refractivity contribution in [1.82, 2.24) is 4.57 Å². The lowest BCUT2D eigenvalue weighted by atomic mass is 9.80. The molecule has 3 aromatic rings. The SMILES string of the molecule is CC(C)(C)CC1(C)CC1(C)C=O.COCCCCCCn1ccc2cc(-c3cccc(C)c3)c(=O)oc2c1=O. The molecular weight excluding hydrogens is 490 g/mol. The maximum absolute atomic E-state index is 12.7. The molecule has 0 N–H and O–H groups in total. The van der Waals surface area contributed by atoms with Crippen LogP contribution in [0.4, 0.5) is 0 Å². The van der Waals surface area contributed by atoms with Crippen LogP contribution in [0.2, 0.25) is 0 Å². The van der Waals surface area contributed by atoms with Gasteiger partial charge >= 0.3 is 5.63 Å². The van der Waals surface area contributed by atoms with Crippen molar-refractivity contribution in [2.45, 2.75) is 86.6 Å². The van der Waals surface area contributed by atoms with Gasteiger partial charge in [-0.25, -0.2) is 4.79 Å². The molecule has 2 aromatic heterocycles. The molecule has 4 rings (SSSR count). The Morgan fingerprint density at radius 2 is 1.77 bits per heavy atom. The molecule has 6 nitrogen and oxygen atoms in total. The number of aldehydes is 1. The van der Waals surface area contributed by atoms with Gasteiger partial charge in [0.1, 0.15) is 6.29 Å². The highest BCUT2D eigenvalue weighted by Gasteiger charge is 2.61. The van der Waals surface area contributed by atoms with E-state index in [-0.39, 0.29) is 22.0 Å². The quantitative estimate of drug-likeness (QED) is 0.203. The van der Waals surface area contributed by atoms with Crippen LogP contribution >= 0.6 is 0 Å². The van der Waals surface area contributed by atoms with Gasteiger partial charge in [-0.3, -0.25) is 4.79 Å². The zero-order valence-corrected chi connectivity index (χ0v) is 24.8. The average molecular weight is 536 g/mol. The van der Waals surface area contributed by atoms with Gasteiger partial charge in [-0.05, 0) is 61.1 Å². The minimum absolute atomic E-state index is 0.0275. The Balaban J connectivity index is 0.000000293. The smallest absolute Gasteiger partial charge is 0.344 e. The predicted molar refractivity (Wildman–Crippen MR) is 158 cm³/mol. The summed E-state index contributed by atoms with van der Waals surface area (Å²) in [5.74, 6) is 0. The molecule has 2 unspecified atom stereocenters. The number of aromatic nitrogens is 1. The molecule has 1 aliphatic carbocycles. The third-order valence-electron chi connectivity index (χ3n) is 7.88. The van der Waals surface area contributed by atoms with Crippen molar-refractivity contribution in [3.05, 3.63) is 68.9 Å². The molecule has 0 bridgehead atoms. The van der Waals surface area contributed by atoms with Crippen molar-refractivity contribution in [2.24, 2.45) is 16.2 Å². The van der Waals surface area contributed by atoms with Crippen molar-refractivity contribution < 1.29 is 13.9 Å². The number of rotatable bonds is 10. The second-order valence-electron chi connectivity index (χ2n) is 12.8. The van der Waals surface area contributed by atoms with Gasteiger partial charge in [0.2, 0.25) is 5.58 Å². The first-order chi connectivity index (χ1) is 18.3. The monoisotopic (exact) mass is 535 g/mol. The number of pyridine rings is 1. The number of aryl methyl sites for hydroxylation is 2. The first kappa shape index (κ1) is 30.6. The summed E-state index contributed by atoms with van der Waals surface area (Å²) >= 11 is 0. The van der Waals surface area contributed by atoms with Crippen LogP contribution in [0, 0.1) is 23.2 Å². The van der Waals surface area contributed by atoms with E-state index >= 15 is 0 Å². The third kappa shape index (κ3) is 7.78. The van der Waals surface area contributed by atoms with Crippen LogP contribution in [0.5, 0.6) is 0 Å². The molecule has 39 heavy (non-hydrogen) atoms. The first-order valence-electron chi connectivity index (χ1n) is 14.0. The topological polar surface area (TPSA) is 78.5 Å². The lowest BCUT2D eigenvalue weighted by Crippen LogP contribution is -2.21. The molecule has 0 radical (unpaired) electrons. The van der Waals surface area contributed by atoms with Gasteiger partial charge in [-0.1, -0.05) is 77.3 Å². The lowest BCUT2D eigenvalue weighted by molar-refractivity contribution is -0.112. The maximum Gasteiger partial charge on any atom is 0.344 e. The van der Waals surface area contributed by atoms with Gasteiger partial charge in [0.15, 0.2) is 0 Å². The number of ether oxygens (including phenoxy) is 1. The standard InChI is InChI=1S/C22H25NO4.C11H20O/c1-16-8-7-9-17(14-16)19-15-18-10-12-23(11-5-3-4-6-13-26-2)21(24)20(18)27-22(19)25;1-9(2,3)6-10(4)7-11(10,5)8-12/h7-10,12,14-15H,3-6,11,13H2,1-2H3;8H,6-7H2,1-5H3. The van der Waals surface area contributed by atoms with E-state index in [1.165, 1.54) is 0 Å². The number of carbonyl (C=O) groups is 1. The second-order valence-corrected chi connectivity index (χ2v) is 12.8. The highest BCUT2D eigenvalue weighted by atomic mass is 16.5. The van der Waals surface area contributed by atoms with Crippen LogP contribution in [-0.2, 0) is 16.1 Å². The van der Waals surface area contributed by atoms with E-state index in [9.17, 15) is 14.4 Å². The molecule has 2 heterocycles. The second kappa shape index (κ2) is 12.5. The number of methoxy groups -OCH3 is 1. The Kier molecular flexibility index (Phi) is 9.76. The van der Waals surface area contributed by atoms with E-state index in [1.54, 1.807) is 23.9 Å². The van der Waals surface area contributed by atoms with Crippen molar-refractivity contribution in [3.8, 4) is 11.1 Å². The summed E-state index contributed by atoms with van der Waals surface area (Å²) in [4.78, 5) is 35.9. The Morgan fingerprint density at radius 1 is 1.05 bits per heavy atom. The molecule has 0 saturated heterocycles. The molecule has 212 valence electrons. The fourth-order valence-electron chi connectivity index (χ4n) is 5.60. The zero-order valence-electron chi connectivity index (χ0n) is 24.8. The maximum atomic E-state index is 12.7. The van der Waals surface area contributed by atoms with Crippen LogP contribution in [0.1, 0.15) is 78.7 Å². The Hall–Kier alpha value is -2.99. The molecule has 6 heteroatoms. The van der Waals surface area contributed by atoms with E-state index in [0.29, 0.717) is 22.9 Å². The first-order valence-corrected chi connectivity index (χ1v) is 14.0. The minimum atomic E-state index is -0.484. The fourth-order valence-corrected chi connectivity index (χ4v) is 5.60. The van der Waals surface area contributed by atoms with Crippen LogP contribution in [-0.4, -0.2) is 24.6 Å². The van der Waals surface area contributed by atoms with Crippen LogP contribution in [0.3, 0.4) is 0 Å². The minimum Gasteiger partial charge on any atom is -0.416 e. The van der Waals surface area contributed by atoms with E-state index < -0.39 is 5.63 Å². The summed E-state index contributed by atoms with van der Waals surface area (Å²) in [5, 5.41) is 0.646. The van der Waals surface area contributed by atoms with E-state index in [2.05, 4.69) is 34.6 Å². The summed E-state index contributed by atoms with van der Waals surface area (Å²) < 4.78 is 12.1. The van der Waals surface area contributed by atoms with Crippen molar-refractivity contribution in [1.29, 1.82) is 0 Å². The zero-order chi connectivity index (χ0) is 28.8. The fraction of sp³-hybridized carbons (Fsp3) is 0.545. The van der Waals surface area contributed by atoms with Crippen molar-refractivity contribution in [2.75, 3.05) is 13.7 Å². The molecule has 1 aromatic carbocycles. The molecule has 0 spiro atoms. The highest BCUT2D eigenvalue weighted by Crippen LogP contribution is 2.66. The number of hydrogen-bond donors (Lipinski definition) is 0. The molecule has 1 fully saturated rings. The van der Waals surface area contributed by atoms with Crippen molar-refractivity contribution >= 4 is 17.3 Å². The van der Waals surface area contributed by atoms with E-state index in [0.717, 1.165) is 62.5 Å². The summed E-state index contributed by atoms with van der Waals surface area (Å²) in [6, 6.07) is 11.3. The van der Waals surface area contributed by atoms with Crippen LogP contribution in [0.25, 0.3) is 22.1 Å². The molecule has 0 amide bonds. The van der Waals surface area contributed by atoms with Gasteiger partial charge in [-0.2, -0.15) is 0 Å². The van der Waals surface area contributed by atoms with E-state index in [1.807, 2.05) is 37.3 Å². The Bertz CT molecular complexity index is 1400. The number of hydrogen-bond acceptors (Lipinski definition) is 5. The summed E-state index contributed by atoms with van der Waals surface area (Å²) in [7, 11) is 1.70. The molecule has 2 atom stereocenters. The molecule has 1 aliphatic rings. The van der Waals surface area contributed by atoms with Crippen molar-refractivity contribution in [3.63, 3.8) is 0 Å². The Labute approximate surface area is 232 Å². The van der Waals surface area contributed by atoms with Crippen LogP contribution in [0.15, 0.2) is 56.6 Å². The van der Waals surface area contributed by atoms with Gasteiger partial charge in [-0.15, -0.1) is 0 Å². The summed E-state index contributed by atoms with van der Waals surface area (Å²) in [6.45, 7) is 14.4. The van der Waals surface area contributed by atoms with Gasteiger partial charge in [0.25, 0.3) is 5.56 Å². The van der Waals surface area contributed by atoms with Gasteiger partial charge in [0, 0.05) is 37.3 Å². The Morgan fingerprint density at radius 3 is 2.38 bits per heavy atom. The normalized spacial score (nSPS) is 20.4. The number of nitrogens with zero attached hydrogens (tertiary/aromatic N) is 1. The van der Waals surface area contributed by atoms with Gasteiger partial charge in [0.05, 0.1) is 5.56 Å². The largest absolute Gasteiger partial charge is 0.416 e. The summed E-state index contributed by atoms with van der Waals surface area (Å²) in [6.07, 6.45) is 9.17. The van der Waals surface area contributed by atoms with Crippen LogP contribution < -0.4 is 11.2 Å². The number of carbonyl (C=O) groups excluding carboxylic acids is 1. The van der Waals surface area contributed by atoms with Gasteiger partial charge < -0.3 is 18.5 Å². The lowest BCUT2D eigenvalue weighted by Gasteiger charge is -2.25. The molecule has 0 aliphatic heterocycles. The highest BCUT2D eigenvalue weighted by molar-refractivity contribution is 5.80.